The number of carbonyl (C=O) groups is 1. The van der Waals surface area contributed by atoms with Gasteiger partial charge in [0.2, 0.25) is 0 Å². The van der Waals surface area contributed by atoms with Gasteiger partial charge < -0.3 is 14.3 Å². The standard InChI is InChI=1S/C22H22N4O3/c1-14-20-16(21(27)23-13-18(26(2)3)19-10-7-11-28-19)12-17(24-22(20)29-25-14)15-8-5-4-6-9-15/h4-12,18H,13H2,1-3H3,(H,23,27). The molecule has 0 spiro atoms. The number of rotatable bonds is 6. The zero-order chi connectivity index (χ0) is 20.4. The van der Waals surface area contributed by atoms with Crippen LogP contribution in [0.25, 0.3) is 22.4 Å². The minimum atomic E-state index is -0.209. The van der Waals surface area contributed by atoms with E-state index in [1.54, 1.807) is 19.3 Å². The van der Waals surface area contributed by atoms with E-state index >= 15 is 0 Å². The normalized spacial score (nSPS) is 12.4. The van der Waals surface area contributed by atoms with Gasteiger partial charge in [0.15, 0.2) is 0 Å². The number of amides is 1. The molecular weight excluding hydrogens is 368 g/mol. The summed E-state index contributed by atoms with van der Waals surface area (Å²) in [5.41, 5.74) is 3.04. The first-order valence-corrected chi connectivity index (χ1v) is 9.35. The van der Waals surface area contributed by atoms with Crippen LogP contribution < -0.4 is 5.32 Å². The molecule has 148 valence electrons. The molecule has 0 fully saturated rings. The van der Waals surface area contributed by atoms with Crippen molar-refractivity contribution in [2.75, 3.05) is 20.6 Å². The zero-order valence-electron chi connectivity index (χ0n) is 16.5. The Labute approximate surface area is 168 Å². The van der Waals surface area contributed by atoms with Crippen LogP contribution in [0.3, 0.4) is 0 Å². The van der Waals surface area contributed by atoms with Crippen molar-refractivity contribution in [1.29, 1.82) is 0 Å². The SMILES string of the molecule is Cc1noc2nc(-c3ccccc3)cc(C(=O)NCC(c3ccco3)N(C)C)c12. The summed E-state index contributed by atoms with van der Waals surface area (Å²) in [6, 6.07) is 15.1. The maximum Gasteiger partial charge on any atom is 0.259 e. The first-order chi connectivity index (χ1) is 14.0. The maximum atomic E-state index is 13.1. The van der Waals surface area contributed by atoms with Crippen molar-refractivity contribution >= 4 is 17.0 Å². The number of aromatic nitrogens is 2. The third-order valence-corrected chi connectivity index (χ3v) is 4.88. The lowest BCUT2D eigenvalue weighted by molar-refractivity contribution is 0.0940. The summed E-state index contributed by atoms with van der Waals surface area (Å²) < 4.78 is 10.9. The van der Waals surface area contributed by atoms with Crippen molar-refractivity contribution in [2.45, 2.75) is 13.0 Å². The third kappa shape index (κ3) is 3.77. The Morgan fingerprint density at radius 2 is 1.97 bits per heavy atom. The van der Waals surface area contributed by atoms with Gasteiger partial charge in [-0.3, -0.25) is 9.69 Å². The van der Waals surface area contributed by atoms with E-state index in [1.165, 1.54) is 0 Å². The predicted octanol–water partition coefficient (Wildman–Crippen LogP) is 3.82. The summed E-state index contributed by atoms with van der Waals surface area (Å²) in [5.74, 6) is 0.584. The molecule has 1 amide bonds. The lowest BCUT2D eigenvalue weighted by Crippen LogP contribution is -2.34. The van der Waals surface area contributed by atoms with Crippen LogP contribution in [0.1, 0.15) is 27.9 Å². The average Bonchev–Trinajstić information content (AvgIpc) is 3.38. The van der Waals surface area contributed by atoms with E-state index in [2.05, 4.69) is 15.5 Å². The van der Waals surface area contributed by atoms with Crippen LogP contribution in [0.15, 0.2) is 63.7 Å². The van der Waals surface area contributed by atoms with Gasteiger partial charge in [0.05, 0.1) is 34.6 Å². The number of furan rings is 1. The molecule has 0 aliphatic heterocycles. The lowest BCUT2D eigenvalue weighted by atomic mass is 10.0. The Hall–Kier alpha value is -3.45. The Kier molecular flexibility index (Phi) is 5.14. The van der Waals surface area contributed by atoms with Crippen LogP contribution in [0.5, 0.6) is 0 Å². The Bertz CT molecular complexity index is 1120. The monoisotopic (exact) mass is 390 g/mol. The molecule has 29 heavy (non-hydrogen) atoms. The molecular formula is C22H22N4O3. The van der Waals surface area contributed by atoms with Crippen molar-refractivity contribution in [3.63, 3.8) is 0 Å². The topological polar surface area (TPSA) is 84.4 Å². The highest BCUT2D eigenvalue weighted by molar-refractivity contribution is 6.07. The first kappa shape index (κ1) is 18.9. The largest absolute Gasteiger partial charge is 0.468 e. The number of pyridine rings is 1. The van der Waals surface area contributed by atoms with Gasteiger partial charge in [-0.1, -0.05) is 35.5 Å². The van der Waals surface area contributed by atoms with Crippen LogP contribution in [0.2, 0.25) is 0 Å². The molecule has 0 aliphatic rings. The van der Waals surface area contributed by atoms with Crippen LogP contribution in [-0.2, 0) is 0 Å². The van der Waals surface area contributed by atoms with Crippen LogP contribution in [0, 0.1) is 6.92 Å². The minimum absolute atomic E-state index is 0.0801. The Morgan fingerprint density at radius 3 is 2.66 bits per heavy atom. The molecule has 3 aromatic heterocycles. The molecule has 4 rings (SSSR count). The van der Waals surface area contributed by atoms with Gasteiger partial charge in [-0.2, -0.15) is 0 Å². The molecule has 7 heteroatoms. The van der Waals surface area contributed by atoms with Gasteiger partial charge in [0, 0.05) is 12.1 Å². The summed E-state index contributed by atoms with van der Waals surface area (Å²) in [6.45, 7) is 2.20. The van der Waals surface area contributed by atoms with Crippen LogP contribution in [-0.4, -0.2) is 41.6 Å². The van der Waals surface area contributed by atoms with Crippen LogP contribution in [0.4, 0.5) is 0 Å². The summed E-state index contributed by atoms with van der Waals surface area (Å²) in [5, 5.41) is 7.64. The summed E-state index contributed by atoms with van der Waals surface area (Å²) >= 11 is 0. The van der Waals surface area contributed by atoms with E-state index in [0.29, 0.717) is 34.6 Å². The number of likely N-dealkylation sites (N-methyl/N-ethyl adjacent to an activating group) is 1. The first-order valence-electron chi connectivity index (χ1n) is 9.35. The number of nitrogens with zero attached hydrogens (tertiary/aromatic N) is 3. The van der Waals surface area contributed by atoms with Crippen LogP contribution >= 0.6 is 0 Å². The quantitative estimate of drug-likeness (QED) is 0.539. The van der Waals surface area contributed by atoms with Crippen molar-refractivity contribution in [2.24, 2.45) is 0 Å². The number of hydrogen-bond acceptors (Lipinski definition) is 6. The fourth-order valence-electron chi connectivity index (χ4n) is 3.33. The number of carbonyl (C=O) groups excluding carboxylic acids is 1. The molecule has 3 heterocycles. The predicted molar refractivity (Wildman–Crippen MR) is 109 cm³/mol. The summed E-state index contributed by atoms with van der Waals surface area (Å²) in [4.78, 5) is 19.7. The number of nitrogens with one attached hydrogen (secondary N) is 1. The van der Waals surface area contributed by atoms with Gasteiger partial charge in [-0.15, -0.1) is 0 Å². The minimum Gasteiger partial charge on any atom is -0.468 e. The highest BCUT2D eigenvalue weighted by Crippen LogP contribution is 2.27. The van der Waals surface area contributed by atoms with Gasteiger partial charge in [-0.05, 0) is 39.2 Å². The molecule has 1 aromatic carbocycles. The summed E-state index contributed by atoms with van der Waals surface area (Å²) in [6.07, 6.45) is 1.63. The average molecular weight is 390 g/mol. The van der Waals surface area contributed by atoms with E-state index in [-0.39, 0.29) is 11.9 Å². The highest BCUT2D eigenvalue weighted by atomic mass is 16.5. The molecule has 1 atom stereocenters. The number of fused-ring (bicyclic) bond motifs is 1. The van der Waals surface area contributed by atoms with Crippen molar-refractivity contribution in [1.82, 2.24) is 20.4 Å². The van der Waals surface area contributed by atoms with E-state index in [4.69, 9.17) is 8.94 Å². The van der Waals surface area contributed by atoms with Gasteiger partial charge in [-0.25, -0.2) is 4.98 Å². The third-order valence-electron chi connectivity index (χ3n) is 4.88. The fourth-order valence-corrected chi connectivity index (χ4v) is 3.33. The van der Waals surface area contributed by atoms with Crippen molar-refractivity contribution in [3.8, 4) is 11.3 Å². The molecule has 0 saturated carbocycles. The maximum absolute atomic E-state index is 13.1. The molecule has 0 radical (unpaired) electrons. The van der Waals surface area contributed by atoms with Crippen molar-refractivity contribution in [3.05, 3.63) is 71.8 Å². The van der Waals surface area contributed by atoms with E-state index in [1.807, 2.05) is 61.5 Å². The highest BCUT2D eigenvalue weighted by Gasteiger charge is 2.22. The molecule has 0 saturated heterocycles. The second-order valence-corrected chi connectivity index (χ2v) is 7.07. The number of hydrogen-bond donors (Lipinski definition) is 1. The van der Waals surface area contributed by atoms with Gasteiger partial charge in [0.25, 0.3) is 11.6 Å². The number of benzene rings is 1. The fraction of sp³-hybridized carbons (Fsp3) is 0.227. The number of aryl methyl sites for hydroxylation is 1. The smallest absolute Gasteiger partial charge is 0.259 e. The van der Waals surface area contributed by atoms with Crippen molar-refractivity contribution < 1.29 is 13.7 Å². The van der Waals surface area contributed by atoms with Gasteiger partial charge in [0.1, 0.15) is 5.76 Å². The van der Waals surface area contributed by atoms with Gasteiger partial charge >= 0.3 is 0 Å². The molecule has 0 bridgehead atoms. The molecule has 1 unspecified atom stereocenters. The van der Waals surface area contributed by atoms with E-state index in [0.717, 1.165) is 11.3 Å². The second-order valence-electron chi connectivity index (χ2n) is 7.07. The lowest BCUT2D eigenvalue weighted by Gasteiger charge is -2.22. The summed E-state index contributed by atoms with van der Waals surface area (Å²) in [7, 11) is 3.89. The Balaban J connectivity index is 1.67. The second kappa shape index (κ2) is 7.89. The Morgan fingerprint density at radius 1 is 1.17 bits per heavy atom. The van der Waals surface area contributed by atoms with E-state index < -0.39 is 0 Å². The molecule has 0 aliphatic carbocycles. The molecule has 4 aromatic rings. The molecule has 7 nitrogen and oxygen atoms in total. The van der Waals surface area contributed by atoms with E-state index in [9.17, 15) is 4.79 Å². The molecule has 1 N–H and O–H groups in total. The zero-order valence-corrected chi connectivity index (χ0v) is 16.5.